The molecule has 0 radical (unpaired) electrons. The molecule has 0 unspecified atom stereocenters. The maximum atomic E-state index is 12.4. The SMILES string of the molecule is Cn1cc(NC(=O)CN2CCC(N3CCC[C@H](C(=O)NC4CC4)C3)CC2)cn1. The van der Waals surface area contributed by atoms with Crippen LogP contribution in [0.15, 0.2) is 12.4 Å². The Morgan fingerprint density at radius 1 is 1.14 bits per heavy atom. The number of carbonyl (C=O) groups is 2. The Bertz CT molecular complexity index is 693. The number of carbonyl (C=O) groups excluding carboxylic acids is 2. The molecule has 2 aliphatic heterocycles. The van der Waals surface area contributed by atoms with Gasteiger partial charge in [0, 0.05) is 45.0 Å². The molecule has 4 rings (SSSR count). The van der Waals surface area contributed by atoms with Crippen molar-refractivity contribution in [1.82, 2.24) is 24.9 Å². The van der Waals surface area contributed by atoms with E-state index in [0.29, 0.717) is 18.6 Å². The summed E-state index contributed by atoms with van der Waals surface area (Å²) in [4.78, 5) is 29.4. The fraction of sp³-hybridized carbons (Fsp3) is 0.750. The Morgan fingerprint density at radius 2 is 1.93 bits per heavy atom. The van der Waals surface area contributed by atoms with Gasteiger partial charge >= 0.3 is 0 Å². The molecule has 0 aromatic carbocycles. The molecule has 3 aliphatic rings. The van der Waals surface area contributed by atoms with E-state index < -0.39 is 0 Å². The van der Waals surface area contributed by atoms with Gasteiger partial charge in [0.1, 0.15) is 0 Å². The van der Waals surface area contributed by atoms with E-state index in [2.05, 4.69) is 25.5 Å². The Balaban J connectivity index is 1.20. The summed E-state index contributed by atoms with van der Waals surface area (Å²) in [6.07, 6.45) is 10.0. The lowest BCUT2D eigenvalue weighted by atomic mass is 9.93. The highest BCUT2D eigenvalue weighted by atomic mass is 16.2. The van der Waals surface area contributed by atoms with Gasteiger partial charge in [0.25, 0.3) is 0 Å². The van der Waals surface area contributed by atoms with Crippen LogP contribution in [0.4, 0.5) is 5.69 Å². The number of likely N-dealkylation sites (tertiary alicyclic amines) is 2. The van der Waals surface area contributed by atoms with E-state index in [1.165, 1.54) is 0 Å². The maximum absolute atomic E-state index is 12.4. The van der Waals surface area contributed by atoms with Gasteiger partial charge in [0.15, 0.2) is 0 Å². The highest BCUT2D eigenvalue weighted by molar-refractivity contribution is 5.91. The quantitative estimate of drug-likeness (QED) is 0.754. The number of hydrogen-bond donors (Lipinski definition) is 2. The van der Waals surface area contributed by atoms with E-state index in [1.807, 2.05) is 7.05 Å². The molecule has 2 N–H and O–H groups in total. The maximum Gasteiger partial charge on any atom is 0.238 e. The van der Waals surface area contributed by atoms with Gasteiger partial charge in [0.05, 0.1) is 24.3 Å². The predicted octanol–water partition coefficient (Wildman–Crippen LogP) is 0.814. The summed E-state index contributed by atoms with van der Waals surface area (Å²) in [6.45, 7) is 4.28. The Kier molecular flexibility index (Phi) is 5.96. The third kappa shape index (κ3) is 5.11. The molecule has 154 valence electrons. The summed E-state index contributed by atoms with van der Waals surface area (Å²) in [5, 5.41) is 10.1. The van der Waals surface area contributed by atoms with Crippen LogP contribution in [-0.2, 0) is 16.6 Å². The largest absolute Gasteiger partial charge is 0.353 e. The van der Waals surface area contributed by atoms with E-state index >= 15 is 0 Å². The zero-order valence-electron chi connectivity index (χ0n) is 16.8. The molecule has 0 bridgehead atoms. The fourth-order valence-corrected chi connectivity index (χ4v) is 4.43. The van der Waals surface area contributed by atoms with Crippen LogP contribution in [-0.4, -0.2) is 76.2 Å². The molecule has 3 fully saturated rings. The molecule has 0 spiro atoms. The van der Waals surface area contributed by atoms with Gasteiger partial charge < -0.3 is 10.6 Å². The van der Waals surface area contributed by atoms with E-state index in [4.69, 9.17) is 0 Å². The first-order chi connectivity index (χ1) is 13.6. The van der Waals surface area contributed by atoms with Crippen LogP contribution >= 0.6 is 0 Å². The summed E-state index contributed by atoms with van der Waals surface area (Å²) in [7, 11) is 1.83. The van der Waals surface area contributed by atoms with Crippen LogP contribution in [0.3, 0.4) is 0 Å². The van der Waals surface area contributed by atoms with Crippen LogP contribution in [0.25, 0.3) is 0 Å². The van der Waals surface area contributed by atoms with Gasteiger partial charge in [-0.15, -0.1) is 0 Å². The lowest BCUT2D eigenvalue weighted by Gasteiger charge is -2.41. The molecule has 1 atom stereocenters. The third-order valence-corrected chi connectivity index (χ3v) is 6.18. The molecule has 8 heteroatoms. The molecule has 3 heterocycles. The summed E-state index contributed by atoms with van der Waals surface area (Å²) < 4.78 is 1.68. The summed E-state index contributed by atoms with van der Waals surface area (Å²) in [5.74, 6) is 0.426. The zero-order chi connectivity index (χ0) is 19.5. The van der Waals surface area contributed by atoms with Crippen LogP contribution < -0.4 is 10.6 Å². The number of anilines is 1. The first kappa shape index (κ1) is 19.4. The van der Waals surface area contributed by atoms with E-state index in [1.54, 1.807) is 17.1 Å². The number of amides is 2. The summed E-state index contributed by atoms with van der Waals surface area (Å²) in [5.41, 5.74) is 0.742. The molecule has 8 nitrogen and oxygen atoms in total. The van der Waals surface area contributed by atoms with Crippen LogP contribution in [0, 0.1) is 5.92 Å². The first-order valence-corrected chi connectivity index (χ1v) is 10.6. The van der Waals surface area contributed by atoms with Crippen molar-refractivity contribution in [3.05, 3.63) is 12.4 Å². The number of aryl methyl sites for hydroxylation is 1. The Hall–Kier alpha value is -1.93. The predicted molar refractivity (Wildman–Crippen MR) is 107 cm³/mol. The van der Waals surface area contributed by atoms with Crippen molar-refractivity contribution >= 4 is 17.5 Å². The summed E-state index contributed by atoms with van der Waals surface area (Å²) >= 11 is 0. The minimum absolute atomic E-state index is 0.0150. The Labute approximate surface area is 166 Å². The second-order valence-corrected chi connectivity index (χ2v) is 8.58. The van der Waals surface area contributed by atoms with Crippen molar-refractivity contribution in [2.75, 3.05) is 38.0 Å². The highest BCUT2D eigenvalue weighted by Gasteiger charge is 2.33. The van der Waals surface area contributed by atoms with Gasteiger partial charge in [-0.05, 0) is 45.1 Å². The van der Waals surface area contributed by atoms with Crippen LogP contribution in [0.5, 0.6) is 0 Å². The van der Waals surface area contributed by atoms with Crippen molar-refractivity contribution < 1.29 is 9.59 Å². The standard InChI is InChI=1S/C20H32N6O2/c1-24-13-17(11-21-24)22-19(27)14-25-9-6-18(7-10-25)26-8-2-3-15(12-26)20(28)23-16-4-5-16/h11,13,15-16,18H,2-10,12,14H2,1H3,(H,22,27)(H,23,28)/t15-/m0/s1. The molecule has 1 saturated carbocycles. The van der Waals surface area contributed by atoms with Crippen molar-refractivity contribution in [3.8, 4) is 0 Å². The fourth-order valence-electron chi connectivity index (χ4n) is 4.43. The van der Waals surface area contributed by atoms with E-state index in [-0.39, 0.29) is 17.7 Å². The number of piperidine rings is 2. The second-order valence-electron chi connectivity index (χ2n) is 8.58. The Morgan fingerprint density at radius 3 is 2.61 bits per heavy atom. The molecule has 1 aliphatic carbocycles. The molecular formula is C20H32N6O2. The molecule has 2 amide bonds. The number of aromatic nitrogens is 2. The van der Waals surface area contributed by atoms with Crippen LogP contribution in [0.1, 0.15) is 38.5 Å². The van der Waals surface area contributed by atoms with Gasteiger partial charge in [0.2, 0.25) is 11.8 Å². The third-order valence-electron chi connectivity index (χ3n) is 6.18. The number of hydrogen-bond acceptors (Lipinski definition) is 5. The van der Waals surface area contributed by atoms with Crippen molar-refractivity contribution in [1.29, 1.82) is 0 Å². The normalized spacial score (nSPS) is 24.8. The van der Waals surface area contributed by atoms with Crippen molar-refractivity contribution in [2.45, 2.75) is 50.6 Å². The zero-order valence-corrected chi connectivity index (χ0v) is 16.8. The molecule has 2 saturated heterocycles. The highest BCUT2D eigenvalue weighted by Crippen LogP contribution is 2.25. The number of rotatable bonds is 6. The van der Waals surface area contributed by atoms with E-state index in [9.17, 15) is 9.59 Å². The van der Waals surface area contributed by atoms with Crippen molar-refractivity contribution in [2.24, 2.45) is 13.0 Å². The lowest BCUT2D eigenvalue weighted by Crippen LogP contribution is -2.51. The molecule has 1 aromatic heterocycles. The number of nitrogens with zero attached hydrogens (tertiary/aromatic N) is 4. The first-order valence-electron chi connectivity index (χ1n) is 10.6. The summed E-state index contributed by atoms with van der Waals surface area (Å²) in [6, 6.07) is 0.984. The van der Waals surface area contributed by atoms with E-state index in [0.717, 1.165) is 70.4 Å². The minimum atomic E-state index is 0.0150. The number of nitrogens with one attached hydrogen (secondary N) is 2. The van der Waals surface area contributed by atoms with Gasteiger partial charge in [-0.1, -0.05) is 0 Å². The van der Waals surface area contributed by atoms with Crippen LogP contribution in [0.2, 0.25) is 0 Å². The topological polar surface area (TPSA) is 82.5 Å². The molecular weight excluding hydrogens is 356 g/mol. The van der Waals surface area contributed by atoms with Gasteiger partial charge in [-0.2, -0.15) is 5.10 Å². The minimum Gasteiger partial charge on any atom is -0.353 e. The average molecular weight is 389 g/mol. The second kappa shape index (κ2) is 8.61. The van der Waals surface area contributed by atoms with Gasteiger partial charge in [-0.25, -0.2) is 0 Å². The smallest absolute Gasteiger partial charge is 0.238 e. The lowest BCUT2D eigenvalue weighted by molar-refractivity contribution is -0.127. The van der Waals surface area contributed by atoms with Gasteiger partial charge in [-0.3, -0.25) is 24.1 Å². The molecule has 28 heavy (non-hydrogen) atoms. The van der Waals surface area contributed by atoms with Crippen molar-refractivity contribution in [3.63, 3.8) is 0 Å². The average Bonchev–Trinajstić information content (AvgIpc) is 3.42. The molecule has 1 aromatic rings. The monoisotopic (exact) mass is 388 g/mol.